The molecule has 20 heavy (non-hydrogen) atoms. The van der Waals surface area contributed by atoms with Gasteiger partial charge in [-0.3, -0.25) is 0 Å². The van der Waals surface area contributed by atoms with Crippen molar-refractivity contribution in [3.63, 3.8) is 0 Å². The van der Waals surface area contributed by atoms with Gasteiger partial charge in [-0.25, -0.2) is 13.2 Å². The largest absolute Gasteiger partial charge is 0.477 e. The summed E-state index contributed by atoms with van der Waals surface area (Å²) in [4.78, 5) is 11.1. The van der Waals surface area contributed by atoms with E-state index in [1.165, 1.54) is 21.1 Å². The van der Waals surface area contributed by atoms with Gasteiger partial charge in [0.25, 0.3) is 0 Å². The van der Waals surface area contributed by atoms with Crippen LogP contribution in [0, 0.1) is 0 Å². The van der Waals surface area contributed by atoms with Crippen LogP contribution in [0.5, 0.6) is 0 Å². The summed E-state index contributed by atoms with van der Waals surface area (Å²) in [6.45, 7) is 3.86. The summed E-state index contributed by atoms with van der Waals surface area (Å²) in [6.07, 6.45) is 1.08. The SMILES string of the molecule is CC(C)n1cc(S(=O)(=O)N2CCC(O)C2)cc1C(=O)O. The molecule has 1 aliphatic heterocycles. The summed E-state index contributed by atoms with van der Waals surface area (Å²) >= 11 is 0. The maximum atomic E-state index is 12.4. The summed E-state index contributed by atoms with van der Waals surface area (Å²) in [5, 5.41) is 18.6. The zero-order chi connectivity index (χ0) is 15.1. The van der Waals surface area contributed by atoms with Crippen LogP contribution in [-0.4, -0.2) is 52.7 Å². The van der Waals surface area contributed by atoms with E-state index in [0.29, 0.717) is 6.42 Å². The van der Waals surface area contributed by atoms with Crippen LogP contribution in [0.1, 0.15) is 36.8 Å². The predicted molar refractivity (Wildman–Crippen MR) is 71.2 cm³/mol. The van der Waals surface area contributed by atoms with Gasteiger partial charge >= 0.3 is 5.97 Å². The smallest absolute Gasteiger partial charge is 0.352 e. The minimum atomic E-state index is -3.75. The van der Waals surface area contributed by atoms with Crippen LogP contribution in [0.25, 0.3) is 0 Å². The number of rotatable bonds is 4. The van der Waals surface area contributed by atoms with Gasteiger partial charge in [-0.2, -0.15) is 4.31 Å². The second kappa shape index (κ2) is 5.19. The van der Waals surface area contributed by atoms with Gasteiger partial charge in [-0.1, -0.05) is 0 Å². The Hall–Kier alpha value is -1.38. The lowest BCUT2D eigenvalue weighted by Gasteiger charge is -2.14. The van der Waals surface area contributed by atoms with Crippen LogP contribution in [-0.2, 0) is 10.0 Å². The molecule has 8 heteroatoms. The lowest BCUT2D eigenvalue weighted by Crippen LogP contribution is -2.29. The molecule has 0 aromatic carbocycles. The van der Waals surface area contributed by atoms with Gasteiger partial charge in [-0.05, 0) is 26.3 Å². The quantitative estimate of drug-likeness (QED) is 0.844. The van der Waals surface area contributed by atoms with Crippen molar-refractivity contribution in [3.05, 3.63) is 18.0 Å². The molecule has 1 unspecified atom stereocenters. The van der Waals surface area contributed by atoms with Crippen LogP contribution >= 0.6 is 0 Å². The fourth-order valence-electron chi connectivity index (χ4n) is 2.27. The van der Waals surface area contributed by atoms with E-state index in [1.807, 2.05) is 0 Å². The van der Waals surface area contributed by atoms with E-state index < -0.39 is 22.1 Å². The van der Waals surface area contributed by atoms with Gasteiger partial charge in [-0.15, -0.1) is 0 Å². The Labute approximate surface area is 117 Å². The molecule has 1 aliphatic rings. The molecule has 1 fully saturated rings. The molecule has 0 bridgehead atoms. The summed E-state index contributed by atoms with van der Waals surface area (Å²) in [5.41, 5.74) is -0.0571. The van der Waals surface area contributed by atoms with E-state index in [0.717, 1.165) is 0 Å². The lowest BCUT2D eigenvalue weighted by atomic mass is 10.3. The molecule has 7 nitrogen and oxygen atoms in total. The second-order valence-electron chi connectivity index (χ2n) is 5.17. The number of aromatic carboxylic acids is 1. The Morgan fingerprint density at radius 3 is 2.50 bits per heavy atom. The summed E-state index contributed by atoms with van der Waals surface area (Å²) < 4.78 is 27.4. The Morgan fingerprint density at radius 2 is 2.10 bits per heavy atom. The number of carboxylic acids is 1. The van der Waals surface area contributed by atoms with E-state index >= 15 is 0 Å². The third-order valence-electron chi connectivity index (χ3n) is 3.36. The average molecular weight is 302 g/mol. The van der Waals surface area contributed by atoms with Crippen molar-refractivity contribution < 1.29 is 23.4 Å². The molecular formula is C12H18N2O5S. The molecule has 0 saturated carbocycles. The Bertz CT molecular complexity index is 620. The van der Waals surface area contributed by atoms with Crippen molar-refractivity contribution in [1.29, 1.82) is 0 Å². The molecule has 2 rings (SSSR count). The second-order valence-corrected chi connectivity index (χ2v) is 7.11. The van der Waals surface area contributed by atoms with Crippen LogP contribution in [0.15, 0.2) is 17.2 Å². The molecule has 1 aromatic heterocycles. The minimum absolute atomic E-state index is 0.0438. The predicted octanol–water partition coefficient (Wildman–Crippen LogP) is 0.522. The maximum absolute atomic E-state index is 12.4. The summed E-state index contributed by atoms with van der Waals surface area (Å²) in [5.74, 6) is -1.17. The van der Waals surface area contributed by atoms with E-state index in [9.17, 15) is 18.3 Å². The Kier molecular flexibility index (Phi) is 3.90. The highest BCUT2D eigenvalue weighted by Crippen LogP contribution is 2.25. The van der Waals surface area contributed by atoms with Crippen molar-refractivity contribution in [3.8, 4) is 0 Å². The van der Waals surface area contributed by atoms with Crippen molar-refractivity contribution in [2.45, 2.75) is 37.3 Å². The van der Waals surface area contributed by atoms with Gasteiger partial charge in [0, 0.05) is 25.3 Å². The number of carbonyl (C=O) groups is 1. The van der Waals surface area contributed by atoms with E-state index in [-0.39, 0.29) is 29.7 Å². The highest BCUT2D eigenvalue weighted by Gasteiger charge is 2.33. The average Bonchev–Trinajstić information content (AvgIpc) is 2.94. The number of carboxylic acid groups (broad SMARTS) is 1. The molecular weight excluding hydrogens is 284 g/mol. The first-order chi connectivity index (χ1) is 9.23. The lowest BCUT2D eigenvalue weighted by molar-refractivity contribution is 0.0683. The minimum Gasteiger partial charge on any atom is -0.477 e. The molecule has 0 aliphatic carbocycles. The molecule has 0 radical (unpaired) electrons. The standard InChI is InChI=1S/C12H18N2O5S/c1-8(2)14-7-10(5-11(14)12(16)17)20(18,19)13-4-3-9(15)6-13/h5,7-9,15H,3-4,6H2,1-2H3,(H,16,17). The van der Waals surface area contributed by atoms with E-state index in [1.54, 1.807) is 13.8 Å². The summed E-state index contributed by atoms with van der Waals surface area (Å²) in [7, 11) is -3.75. The Balaban J connectivity index is 2.42. The van der Waals surface area contributed by atoms with E-state index in [4.69, 9.17) is 5.11 Å². The maximum Gasteiger partial charge on any atom is 0.352 e. The number of aliphatic hydroxyl groups excluding tert-OH is 1. The highest BCUT2D eigenvalue weighted by atomic mass is 32.2. The van der Waals surface area contributed by atoms with Crippen LogP contribution in [0.4, 0.5) is 0 Å². The topological polar surface area (TPSA) is 99.8 Å². The van der Waals surface area contributed by atoms with Crippen molar-refractivity contribution in [2.24, 2.45) is 0 Å². The third kappa shape index (κ3) is 2.58. The first-order valence-corrected chi connectivity index (χ1v) is 7.81. The number of sulfonamides is 1. The number of nitrogens with zero attached hydrogens (tertiary/aromatic N) is 2. The highest BCUT2D eigenvalue weighted by molar-refractivity contribution is 7.89. The van der Waals surface area contributed by atoms with Gasteiger partial charge in [0.15, 0.2) is 0 Å². The monoisotopic (exact) mass is 302 g/mol. The fraction of sp³-hybridized carbons (Fsp3) is 0.583. The van der Waals surface area contributed by atoms with Gasteiger partial charge in [0.2, 0.25) is 10.0 Å². The number of aliphatic hydroxyl groups is 1. The molecule has 0 amide bonds. The fourth-order valence-corrected chi connectivity index (χ4v) is 3.79. The number of hydrogen-bond acceptors (Lipinski definition) is 4. The van der Waals surface area contributed by atoms with Gasteiger partial charge < -0.3 is 14.8 Å². The first-order valence-electron chi connectivity index (χ1n) is 6.37. The van der Waals surface area contributed by atoms with Crippen molar-refractivity contribution in [1.82, 2.24) is 8.87 Å². The molecule has 1 saturated heterocycles. The van der Waals surface area contributed by atoms with Crippen LogP contribution in [0.3, 0.4) is 0 Å². The third-order valence-corrected chi connectivity index (χ3v) is 5.19. The number of hydrogen-bond donors (Lipinski definition) is 2. The molecule has 112 valence electrons. The normalized spacial score (nSPS) is 20.7. The van der Waals surface area contributed by atoms with Gasteiger partial charge in [0.1, 0.15) is 10.6 Å². The molecule has 1 atom stereocenters. The van der Waals surface area contributed by atoms with Crippen molar-refractivity contribution >= 4 is 16.0 Å². The van der Waals surface area contributed by atoms with Crippen LogP contribution < -0.4 is 0 Å². The van der Waals surface area contributed by atoms with E-state index in [2.05, 4.69) is 0 Å². The molecule has 2 heterocycles. The summed E-state index contributed by atoms with van der Waals surface area (Å²) in [6, 6.07) is 1.01. The zero-order valence-corrected chi connectivity index (χ0v) is 12.2. The molecule has 1 aromatic rings. The van der Waals surface area contributed by atoms with Gasteiger partial charge in [0.05, 0.1) is 6.10 Å². The molecule has 0 spiro atoms. The van der Waals surface area contributed by atoms with Crippen LogP contribution in [0.2, 0.25) is 0 Å². The Morgan fingerprint density at radius 1 is 1.45 bits per heavy atom. The first kappa shape index (κ1) is 15.0. The van der Waals surface area contributed by atoms with Crippen molar-refractivity contribution in [2.75, 3.05) is 13.1 Å². The zero-order valence-electron chi connectivity index (χ0n) is 11.4. The number of aromatic nitrogens is 1. The number of β-amino-alcohol motifs (C(OH)–C–C–N with tert-alkyl or cyclic N) is 1. The molecule has 2 N–H and O–H groups in total.